The van der Waals surface area contributed by atoms with Crippen molar-refractivity contribution in [1.29, 1.82) is 0 Å². The first-order valence-corrected chi connectivity index (χ1v) is 9.54. The summed E-state index contributed by atoms with van der Waals surface area (Å²) >= 11 is 6.53. The van der Waals surface area contributed by atoms with E-state index in [9.17, 15) is 5.11 Å². The van der Waals surface area contributed by atoms with Crippen molar-refractivity contribution in [2.24, 2.45) is 0 Å². The van der Waals surface area contributed by atoms with Gasteiger partial charge in [0.2, 0.25) is 5.13 Å². The summed E-state index contributed by atoms with van der Waals surface area (Å²) in [5.41, 5.74) is 0.903. The molecule has 0 saturated carbocycles. The predicted octanol–water partition coefficient (Wildman–Crippen LogP) is 2.96. The number of aliphatic hydroxyl groups excluding tert-OH is 1. The Bertz CT molecular complexity index is 620. The van der Waals surface area contributed by atoms with Gasteiger partial charge in [-0.3, -0.25) is 0 Å². The van der Waals surface area contributed by atoms with E-state index in [2.05, 4.69) is 31.0 Å². The third kappa shape index (κ3) is 4.20. The lowest BCUT2D eigenvalue weighted by Gasteiger charge is -2.25. The van der Waals surface area contributed by atoms with E-state index >= 15 is 0 Å². The van der Waals surface area contributed by atoms with Crippen molar-refractivity contribution in [3.63, 3.8) is 0 Å². The minimum atomic E-state index is -0.516. The first-order chi connectivity index (χ1) is 10.7. The summed E-state index contributed by atoms with van der Waals surface area (Å²) in [6.45, 7) is 3.20. The van der Waals surface area contributed by atoms with Crippen LogP contribution >= 0.6 is 39.0 Å². The minimum absolute atomic E-state index is 0.516. The fourth-order valence-corrected chi connectivity index (χ4v) is 4.41. The average molecular weight is 402 g/mol. The van der Waals surface area contributed by atoms with Gasteiger partial charge >= 0.3 is 0 Å². The van der Waals surface area contributed by atoms with Gasteiger partial charge in [0.15, 0.2) is 4.34 Å². The van der Waals surface area contributed by atoms with Gasteiger partial charge in [-0.15, -0.1) is 10.2 Å². The number of morpholine rings is 1. The van der Waals surface area contributed by atoms with Gasteiger partial charge in [-0.05, 0) is 17.7 Å². The summed E-state index contributed by atoms with van der Waals surface area (Å²) < 4.78 is 7.19. The molecule has 3 rings (SSSR count). The Morgan fingerprint density at radius 1 is 1.36 bits per heavy atom. The van der Waals surface area contributed by atoms with E-state index in [4.69, 9.17) is 4.74 Å². The van der Waals surface area contributed by atoms with Gasteiger partial charge < -0.3 is 14.7 Å². The van der Waals surface area contributed by atoms with E-state index in [0.29, 0.717) is 5.75 Å². The van der Waals surface area contributed by atoms with Crippen LogP contribution in [-0.2, 0) is 4.74 Å². The lowest BCUT2D eigenvalue weighted by atomic mass is 10.1. The van der Waals surface area contributed by atoms with Crippen LogP contribution in [0.25, 0.3) is 0 Å². The summed E-state index contributed by atoms with van der Waals surface area (Å²) in [7, 11) is 0. The van der Waals surface area contributed by atoms with Crippen molar-refractivity contribution in [3.05, 3.63) is 34.3 Å². The van der Waals surface area contributed by atoms with Crippen molar-refractivity contribution in [2.75, 3.05) is 37.0 Å². The number of rotatable bonds is 5. The van der Waals surface area contributed by atoms with Crippen molar-refractivity contribution >= 4 is 44.2 Å². The molecule has 1 saturated heterocycles. The highest BCUT2D eigenvalue weighted by atomic mass is 79.9. The molecule has 118 valence electrons. The van der Waals surface area contributed by atoms with Gasteiger partial charge in [-0.25, -0.2) is 0 Å². The molecular formula is C14H16BrN3O2S2. The maximum absolute atomic E-state index is 10.2. The smallest absolute Gasteiger partial charge is 0.209 e. The zero-order valence-electron chi connectivity index (χ0n) is 11.8. The number of benzene rings is 1. The van der Waals surface area contributed by atoms with E-state index in [0.717, 1.165) is 45.8 Å². The number of nitrogens with zero attached hydrogens (tertiary/aromatic N) is 3. The molecule has 8 heteroatoms. The normalized spacial score (nSPS) is 16.7. The number of halogens is 1. The Hall–Kier alpha value is -0.670. The Morgan fingerprint density at radius 2 is 2.18 bits per heavy atom. The lowest BCUT2D eigenvalue weighted by Crippen LogP contribution is -2.36. The van der Waals surface area contributed by atoms with E-state index < -0.39 is 6.10 Å². The van der Waals surface area contributed by atoms with Crippen molar-refractivity contribution < 1.29 is 9.84 Å². The molecule has 1 aliphatic heterocycles. The number of hydrogen-bond acceptors (Lipinski definition) is 7. The second-order valence-electron chi connectivity index (χ2n) is 4.83. The van der Waals surface area contributed by atoms with E-state index in [1.54, 1.807) is 11.3 Å². The highest BCUT2D eigenvalue weighted by Gasteiger charge is 2.17. The predicted molar refractivity (Wildman–Crippen MR) is 92.8 cm³/mol. The van der Waals surface area contributed by atoms with E-state index in [-0.39, 0.29) is 0 Å². The Kier molecular flexibility index (Phi) is 5.70. The van der Waals surface area contributed by atoms with Crippen LogP contribution in [0.3, 0.4) is 0 Å². The fourth-order valence-electron chi connectivity index (χ4n) is 2.10. The van der Waals surface area contributed by atoms with Crippen LogP contribution in [-0.4, -0.2) is 47.4 Å². The topological polar surface area (TPSA) is 58.5 Å². The highest BCUT2D eigenvalue weighted by molar-refractivity contribution is 9.10. The SMILES string of the molecule is OC(CSc1nnc(N2CCOCC2)s1)c1cccc(Br)c1. The maximum Gasteiger partial charge on any atom is 0.209 e. The molecule has 1 N–H and O–H groups in total. The van der Waals surface area contributed by atoms with Gasteiger partial charge in [0.05, 0.1) is 19.3 Å². The van der Waals surface area contributed by atoms with E-state index in [1.807, 2.05) is 24.3 Å². The van der Waals surface area contributed by atoms with Crippen LogP contribution in [0.4, 0.5) is 5.13 Å². The molecule has 0 radical (unpaired) electrons. The zero-order valence-corrected chi connectivity index (χ0v) is 15.0. The van der Waals surface area contributed by atoms with Crippen molar-refractivity contribution in [1.82, 2.24) is 10.2 Å². The molecule has 1 aromatic carbocycles. The molecule has 1 aromatic heterocycles. The number of thioether (sulfide) groups is 1. The molecule has 2 aromatic rings. The van der Waals surface area contributed by atoms with Crippen molar-refractivity contribution in [3.8, 4) is 0 Å². The Balaban J connectivity index is 1.56. The fraction of sp³-hybridized carbons (Fsp3) is 0.429. The van der Waals surface area contributed by atoms with Crippen LogP contribution in [0.5, 0.6) is 0 Å². The second-order valence-corrected chi connectivity index (χ2v) is 7.97. The standard InChI is InChI=1S/C14H16BrN3O2S2/c15-11-3-1-2-10(8-11)12(19)9-21-14-17-16-13(22-14)18-4-6-20-7-5-18/h1-3,8,12,19H,4-7,9H2. The molecular weight excluding hydrogens is 386 g/mol. The summed E-state index contributed by atoms with van der Waals surface area (Å²) in [4.78, 5) is 2.19. The minimum Gasteiger partial charge on any atom is -0.388 e. The number of hydrogen-bond donors (Lipinski definition) is 1. The molecule has 1 unspecified atom stereocenters. The van der Waals surface area contributed by atoms with Crippen LogP contribution in [0.2, 0.25) is 0 Å². The molecule has 22 heavy (non-hydrogen) atoms. The largest absolute Gasteiger partial charge is 0.388 e. The van der Waals surface area contributed by atoms with Crippen LogP contribution in [0.1, 0.15) is 11.7 Å². The number of aromatic nitrogens is 2. The first kappa shape index (κ1) is 16.2. The Morgan fingerprint density at radius 3 is 2.95 bits per heavy atom. The monoisotopic (exact) mass is 401 g/mol. The summed E-state index contributed by atoms with van der Waals surface area (Å²) in [6.07, 6.45) is -0.516. The van der Waals surface area contributed by atoms with Gasteiger partial charge in [-0.2, -0.15) is 0 Å². The van der Waals surface area contributed by atoms with Crippen LogP contribution in [0, 0.1) is 0 Å². The molecule has 0 aliphatic carbocycles. The van der Waals surface area contributed by atoms with Crippen molar-refractivity contribution in [2.45, 2.75) is 10.4 Å². The van der Waals surface area contributed by atoms with Gasteiger partial charge in [0, 0.05) is 23.3 Å². The molecule has 1 atom stereocenters. The molecule has 0 amide bonds. The molecule has 1 aliphatic rings. The van der Waals surface area contributed by atoms with Crippen LogP contribution in [0.15, 0.2) is 33.1 Å². The lowest BCUT2D eigenvalue weighted by molar-refractivity contribution is 0.122. The number of ether oxygens (including phenoxy) is 1. The maximum atomic E-state index is 10.2. The summed E-state index contributed by atoms with van der Waals surface area (Å²) in [6, 6.07) is 7.73. The van der Waals surface area contributed by atoms with Gasteiger partial charge in [0.25, 0.3) is 0 Å². The average Bonchev–Trinajstić information content (AvgIpc) is 3.02. The molecule has 2 heterocycles. The third-order valence-electron chi connectivity index (χ3n) is 3.28. The van der Waals surface area contributed by atoms with Gasteiger partial charge in [0.1, 0.15) is 0 Å². The Labute approximate surface area is 145 Å². The van der Waals surface area contributed by atoms with Gasteiger partial charge in [-0.1, -0.05) is 51.2 Å². The molecule has 0 spiro atoms. The zero-order chi connectivity index (χ0) is 15.4. The highest BCUT2D eigenvalue weighted by Crippen LogP contribution is 2.31. The molecule has 5 nitrogen and oxygen atoms in total. The number of anilines is 1. The third-order valence-corrected chi connectivity index (χ3v) is 5.96. The second kappa shape index (κ2) is 7.74. The molecule has 0 bridgehead atoms. The van der Waals surface area contributed by atoms with E-state index in [1.165, 1.54) is 11.8 Å². The summed E-state index contributed by atoms with van der Waals surface area (Å²) in [5.74, 6) is 0.564. The quantitative estimate of drug-likeness (QED) is 0.777. The van der Waals surface area contributed by atoms with Crippen LogP contribution < -0.4 is 4.90 Å². The molecule has 1 fully saturated rings. The number of aliphatic hydroxyl groups is 1. The first-order valence-electron chi connectivity index (χ1n) is 6.95. The summed E-state index contributed by atoms with van der Waals surface area (Å²) in [5, 5.41) is 19.6.